The highest BCUT2D eigenvalue weighted by atomic mass is 15.1. The molecule has 0 atom stereocenters. The molecule has 0 aliphatic heterocycles. The predicted molar refractivity (Wildman–Crippen MR) is 138 cm³/mol. The summed E-state index contributed by atoms with van der Waals surface area (Å²) in [5.41, 5.74) is 7.68. The fourth-order valence-corrected chi connectivity index (χ4v) is 4.15. The van der Waals surface area contributed by atoms with Gasteiger partial charge in [0.1, 0.15) is 0 Å². The van der Waals surface area contributed by atoms with Crippen molar-refractivity contribution in [3.63, 3.8) is 0 Å². The maximum atomic E-state index is 3.89. The number of hydrogen-bond acceptors (Lipinski definition) is 1. The van der Waals surface area contributed by atoms with Gasteiger partial charge >= 0.3 is 0 Å². The summed E-state index contributed by atoms with van der Waals surface area (Å²) < 4.78 is 0. The van der Waals surface area contributed by atoms with Crippen LogP contribution in [0.2, 0.25) is 0 Å². The summed E-state index contributed by atoms with van der Waals surface area (Å²) in [4.78, 5) is 2.33. The molecule has 31 heavy (non-hydrogen) atoms. The number of benzene rings is 3. The summed E-state index contributed by atoms with van der Waals surface area (Å²) in [6.45, 7) is 17.6. The molecule has 3 aromatic carbocycles. The number of hydrogen-bond donors (Lipinski definition) is 0. The normalized spacial score (nSPS) is 11.9. The van der Waals surface area contributed by atoms with Gasteiger partial charge in [0, 0.05) is 17.1 Å². The lowest BCUT2D eigenvalue weighted by Gasteiger charge is -2.29. The lowest BCUT2D eigenvalue weighted by atomic mass is 9.81. The van der Waals surface area contributed by atoms with E-state index in [1.54, 1.807) is 0 Å². The Morgan fingerprint density at radius 2 is 1.10 bits per heavy atom. The SMILES string of the molecule is C=Cc1ccc(N(c2ccc(C(C)(C)C)cc2)c2ccc(C(C)(C)CCC)cc2)cc1. The molecule has 0 saturated heterocycles. The van der Waals surface area contributed by atoms with Crippen LogP contribution in [0.3, 0.4) is 0 Å². The van der Waals surface area contributed by atoms with E-state index in [0.717, 1.165) is 11.3 Å². The molecule has 3 aromatic rings. The van der Waals surface area contributed by atoms with Crippen molar-refractivity contribution in [3.8, 4) is 0 Å². The monoisotopic (exact) mass is 411 g/mol. The average molecular weight is 412 g/mol. The van der Waals surface area contributed by atoms with Crippen LogP contribution in [0.4, 0.5) is 17.1 Å². The molecule has 0 N–H and O–H groups in total. The molecule has 0 unspecified atom stereocenters. The third kappa shape index (κ3) is 5.28. The first-order valence-electron chi connectivity index (χ1n) is 11.4. The molecule has 0 saturated carbocycles. The third-order valence-corrected chi connectivity index (χ3v) is 6.16. The van der Waals surface area contributed by atoms with Crippen LogP contribution in [0.5, 0.6) is 0 Å². The Balaban J connectivity index is 2.04. The highest BCUT2D eigenvalue weighted by Gasteiger charge is 2.21. The van der Waals surface area contributed by atoms with E-state index in [-0.39, 0.29) is 10.8 Å². The fourth-order valence-electron chi connectivity index (χ4n) is 4.15. The van der Waals surface area contributed by atoms with E-state index < -0.39 is 0 Å². The quantitative estimate of drug-likeness (QED) is 0.374. The number of nitrogens with zero attached hydrogens (tertiary/aromatic N) is 1. The summed E-state index contributed by atoms with van der Waals surface area (Å²) in [5.74, 6) is 0. The van der Waals surface area contributed by atoms with Crippen molar-refractivity contribution < 1.29 is 0 Å². The van der Waals surface area contributed by atoms with Crippen molar-refractivity contribution in [2.75, 3.05) is 4.90 Å². The third-order valence-electron chi connectivity index (χ3n) is 6.16. The maximum Gasteiger partial charge on any atom is 0.0462 e. The first kappa shape index (κ1) is 22.9. The van der Waals surface area contributed by atoms with Gasteiger partial charge in [-0.3, -0.25) is 0 Å². The van der Waals surface area contributed by atoms with Crippen LogP contribution in [0.15, 0.2) is 79.4 Å². The zero-order valence-corrected chi connectivity index (χ0v) is 20.1. The van der Waals surface area contributed by atoms with E-state index in [9.17, 15) is 0 Å². The van der Waals surface area contributed by atoms with Gasteiger partial charge in [0.15, 0.2) is 0 Å². The molecular formula is C30H37N. The van der Waals surface area contributed by atoms with E-state index in [0.29, 0.717) is 0 Å². The Kier molecular flexibility index (Phi) is 6.74. The largest absolute Gasteiger partial charge is 0.311 e. The van der Waals surface area contributed by atoms with E-state index in [1.807, 2.05) is 6.08 Å². The molecule has 1 heteroatoms. The number of rotatable bonds is 7. The zero-order chi connectivity index (χ0) is 22.6. The van der Waals surface area contributed by atoms with E-state index >= 15 is 0 Å². The first-order valence-corrected chi connectivity index (χ1v) is 11.4. The Bertz CT molecular complexity index is 984. The summed E-state index contributed by atoms with van der Waals surface area (Å²) in [6, 6.07) is 26.6. The van der Waals surface area contributed by atoms with Crippen LogP contribution >= 0.6 is 0 Å². The second-order valence-electron chi connectivity index (χ2n) is 10.1. The fraction of sp³-hybridized carbons (Fsp3) is 0.333. The standard InChI is InChI=1S/C30H37N/c1-8-22-30(6,7)25-14-20-28(21-15-25)31(26-16-10-23(9-2)11-17-26)27-18-12-24(13-19-27)29(3,4)5/h9-21H,2,8,22H2,1,3-7H3. The van der Waals surface area contributed by atoms with Gasteiger partial charge in [-0.25, -0.2) is 0 Å². The van der Waals surface area contributed by atoms with Gasteiger partial charge in [-0.15, -0.1) is 0 Å². The molecule has 0 heterocycles. The number of anilines is 3. The molecule has 162 valence electrons. The first-order chi connectivity index (χ1) is 14.7. The second-order valence-corrected chi connectivity index (χ2v) is 10.1. The smallest absolute Gasteiger partial charge is 0.0462 e. The van der Waals surface area contributed by atoms with Gasteiger partial charge in [-0.05, 0) is 70.3 Å². The summed E-state index contributed by atoms with van der Waals surface area (Å²) in [7, 11) is 0. The van der Waals surface area contributed by atoms with Gasteiger partial charge in [0.05, 0.1) is 0 Å². The Morgan fingerprint density at radius 1 is 0.677 bits per heavy atom. The van der Waals surface area contributed by atoms with Crippen LogP contribution in [0, 0.1) is 0 Å². The van der Waals surface area contributed by atoms with Crippen molar-refractivity contribution in [2.24, 2.45) is 0 Å². The summed E-state index contributed by atoms with van der Waals surface area (Å²) in [6.07, 6.45) is 4.26. The minimum Gasteiger partial charge on any atom is -0.311 e. The van der Waals surface area contributed by atoms with Crippen molar-refractivity contribution in [3.05, 3.63) is 96.1 Å². The lowest BCUT2D eigenvalue weighted by Crippen LogP contribution is -2.17. The zero-order valence-electron chi connectivity index (χ0n) is 20.1. The van der Waals surface area contributed by atoms with Gasteiger partial charge in [0.2, 0.25) is 0 Å². The highest BCUT2D eigenvalue weighted by molar-refractivity contribution is 5.77. The molecule has 0 radical (unpaired) electrons. The highest BCUT2D eigenvalue weighted by Crippen LogP contribution is 2.37. The molecule has 0 fully saturated rings. The summed E-state index contributed by atoms with van der Waals surface area (Å²) >= 11 is 0. The molecular weight excluding hydrogens is 374 g/mol. The average Bonchev–Trinajstić information content (AvgIpc) is 2.74. The lowest BCUT2D eigenvalue weighted by molar-refractivity contribution is 0.473. The predicted octanol–water partition coefficient (Wildman–Crippen LogP) is 9.17. The van der Waals surface area contributed by atoms with E-state index in [4.69, 9.17) is 0 Å². The second kappa shape index (κ2) is 9.14. The van der Waals surface area contributed by atoms with Crippen molar-refractivity contribution >= 4 is 23.1 Å². The molecule has 3 rings (SSSR count). The van der Waals surface area contributed by atoms with Crippen LogP contribution < -0.4 is 4.90 Å². The summed E-state index contributed by atoms with van der Waals surface area (Å²) in [5, 5.41) is 0. The molecule has 0 aliphatic carbocycles. The molecule has 0 aliphatic rings. The molecule has 0 spiro atoms. The Labute approximate surface area is 189 Å². The van der Waals surface area contributed by atoms with Gasteiger partial charge in [-0.2, -0.15) is 0 Å². The maximum absolute atomic E-state index is 3.89. The Hall–Kier alpha value is -2.80. The van der Waals surface area contributed by atoms with Crippen molar-refractivity contribution in [1.82, 2.24) is 0 Å². The molecule has 0 amide bonds. The van der Waals surface area contributed by atoms with Crippen molar-refractivity contribution in [1.29, 1.82) is 0 Å². The van der Waals surface area contributed by atoms with E-state index in [2.05, 4.69) is 126 Å². The van der Waals surface area contributed by atoms with Crippen LogP contribution in [-0.2, 0) is 10.8 Å². The van der Waals surface area contributed by atoms with Crippen molar-refractivity contribution in [2.45, 2.75) is 65.2 Å². The van der Waals surface area contributed by atoms with Gasteiger partial charge < -0.3 is 4.90 Å². The van der Waals surface area contributed by atoms with E-state index in [1.165, 1.54) is 35.3 Å². The minimum absolute atomic E-state index is 0.140. The topological polar surface area (TPSA) is 3.24 Å². The van der Waals surface area contributed by atoms with Crippen LogP contribution in [-0.4, -0.2) is 0 Å². The molecule has 0 aromatic heterocycles. The Morgan fingerprint density at radius 3 is 1.48 bits per heavy atom. The van der Waals surface area contributed by atoms with Gasteiger partial charge in [-0.1, -0.05) is 97.0 Å². The van der Waals surface area contributed by atoms with Gasteiger partial charge in [0.25, 0.3) is 0 Å². The van der Waals surface area contributed by atoms with Crippen LogP contribution in [0.25, 0.3) is 6.08 Å². The molecule has 1 nitrogen and oxygen atoms in total. The molecule has 0 bridgehead atoms. The van der Waals surface area contributed by atoms with Crippen LogP contribution in [0.1, 0.15) is 71.1 Å². The minimum atomic E-state index is 0.140.